The Labute approximate surface area is 150 Å². The van der Waals surface area contributed by atoms with Crippen LogP contribution in [0.15, 0.2) is 54.6 Å². The van der Waals surface area contributed by atoms with Crippen LogP contribution in [-0.2, 0) is 4.79 Å². The molecule has 0 spiro atoms. The quantitative estimate of drug-likeness (QED) is 0.704. The third-order valence-electron chi connectivity index (χ3n) is 4.14. The van der Waals surface area contributed by atoms with Gasteiger partial charge in [-0.3, -0.25) is 4.79 Å². The second kappa shape index (κ2) is 9.72. The van der Waals surface area contributed by atoms with E-state index in [-0.39, 0.29) is 24.6 Å². The molecule has 0 heterocycles. The molecule has 1 amide bonds. The lowest BCUT2D eigenvalue weighted by Crippen LogP contribution is -2.33. The van der Waals surface area contributed by atoms with E-state index in [1.807, 2.05) is 61.5 Å². The van der Waals surface area contributed by atoms with Crippen molar-refractivity contribution in [3.8, 4) is 5.75 Å². The van der Waals surface area contributed by atoms with Gasteiger partial charge in [-0.1, -0.05) is 50.2 Å². The first-order chi connectivity index (χ1) is 12.1. The molecule has 0 saturated carbocycles. The summed E-state index contributed by atoms with van der Waals surface area (Å²) in [6, 6.07) is 17.8. The number of carbonyl (C=O) groups excluding carboxylic acids is 1. The van der Waals surface area contributed by atoms with Crippen LogP contribution in [0.3, 0.4) is 0 Å². The van der Waals surface area contributed by atoms with Crippen LogP contribution in [-0.4, -0.2) is 18.6 Å². The Morgan fingerprint density at radius 1 is 1.04 bits per heavy atom. The summed E-state index contributed by atoms with van der Waals surface area (Å²) < 4.78 is 5.81. The Hall–Kier alpha value is -2.49. The minimum Gasteiger partial charge on any atom is -0.491 e. The van der Waals surface area contributed by atoms with E-state index < -0.39 is 0 Å². The van der Waals surface area contributed by atoms with Crippen LogP contribution in [0.4, 0.5) is 5.69 Å². The Bertz CT molecular complexity index is 658. The van der Waals surface area contributed by atoms with Gasteiger partial charge >= 0.3 is 0 Å². The maximum atomic E-state index is 12.3. The summed E-state index contributed by atoms with van der Waals surface area (Å²) in [5.41, 5.74) is 2.01. The molecule has 134 valence electrons. The molecule has 0 saturated heterocycles. The van der Waals surface area contributed by atoms with Crippen LogP contribution in [0.2, 0.25) is 0 Å². The molecular weight excluding hydrogens is 312 g/mol. The molecule has 2 N–H and O–H groups in total. The lowest BCUT2D eigenvalue weighted by Gasteiger charge is -2.18. The number of amides is 1. The highest BCUT2D eigenvalue weighted by Gasteiger charge is 2.12. The van der Waals surface area contributed by atoms with Gasteiger partial charge in [-0.25, -0.2) is 0 Å². The fourth-order valence-electron chi connectivity index (χ4n) is 2.53. The predicted octanol–water partition coefficient (Wildman–Crippen LogP) is 4.54. The molecule has 0 aliphatic carbocycles. The maximum absolute atomic E-state index is 12.3. The van der Waals surface area contributed by atoms with Crippen LogP contribution in [0.1, 0.15) is 45.2 Å². The molecule has 2 aromatic rings. The fourth-order valence-corrected chi connectivity index (χ4v) is 2.53. The van der Waals surface area contributed by atoms with Gasteiger partial charge in [0.2, 0.25) is 5.91 Å². The number of carbonyl (C=O) groups is 1. The van der Waals surface area contributed by atoms with E-state index >= 15 is 0 Å². The number of hydrogen-bond donors (Lipinski definition) is 2. The van der Waals surface area contributed by atoms with Gasteiger partial charge in [0.25, 0.3) is 0 Å². The highest BCUT2D eigenvalue weighted by atomic mass is 16.5. The van der Waals surface area contributed by atoms with E-state index in [1.165, 1.54) is 0 Å². The smallest absolute Gasteiger partial charge is 0.239 e. The zero-order valence-corrected chi connectivity index (χ0v) is 15.3. The Kier molecular flexibility index (Phi) is 7.33. The number of anilines is 1. The van der Waals surface area contributed by atoms with Crippen LogP contribution in [0, 0.1) is 0 Å². The van der Waals surface area contributed by atoms with Crippen molar-refractivity contribution in [3.05, 3.63) is 60.2 Å². The summed E-state index contributed by atoms with van der Waals surface area (Å²) >= 11 is 0. The van der Waals surface area contributed by atoms with E-state index in [9.17, 15) is 4.79 Å². The number of benzene rings is 2. The molecule has 2 unspecified atom stereocenters. The van der Waals surface area contributed by atoms with Gasteiger partial charge in [-0.05, 0) is 37.5 Å². The van der Waals surface area contributed by atoms with Crippen molar-refractivity contribution in [2.75, 3.05) is 11.9 Å². The normalized spacial score (nSPS) is 12.9. The summed E-state index contributed by atoms with van der Waals surface area (Å²) in [7, 11) is 0. The maximum Gasteiger partial charge on any atom is 0.239 e. The van der Waals surface area contributed by atoms with Gasteiger partial charge in [-0.2, -0.15) is 0 Å². The topological polar surface area (TPSA) is 50.4 Å². The number of nitrogens with one attached hydrogen (secondary N) is 2. The van der Waals surface area contributed by atoms with Crippen LogP contribution in [0.5, 0.6) is 5.75 Å². The Balaban J connectivity index is 1.88. The summed E-state index contributed by atoms with van der Waals surface area (Å²) in [5, 5.41) is 6.24. The number of rotatable bonds is 9. The second-order valence-corrected chi connectivity index (χ2v) is 6.16. The highest BCUT2D eigenvalue weighted by Crippen LogP contribution is 2.19. The Morgan fingerprint density at radius 3 is 2.48 bits per heavy atom. The third kappa shape index (κ3) is 6.14. The fraction of sp³-hybridized carbons (Fsp3) is 0.381. The average Bonchev–Trinajstić information content (AvgIpc) is 2.65. The minimum atomic E-state index is -0.0241. The van der Waals surface area contributed by atoms with Gasteiger partial charge in [0.15, 0.2) is 0 Å². The first-order valence-electron chi connectivity index (χ1n) is 8.97. The van der Waals surface area contributed by atoms with Gasteiger partial charge in [0, 0.05) is 11.8 Å². The predicted molar refractivity (Wildman–Crippen MR) is 103 cm³/mol. The second-order valence-electron chi connectivity index (χ2n) is 6.16. The number of hydrogen-bond acceptors (Lipinski definition) is 3. The molecule has 0 radical (unpaired) electrons. The van der Waals surface area contributed by atoms with Crippen molar-refractivity contribution < 1.29 is 9.53 Å². The summed E-state index contributed by atoms with van der Waals surface area (Å²) in [6.45, 7) is 6.44. The van der Waals surface area contributed by atoms with Crippen molar-refractivity contribution in [2.45, 2.75) is 45.8 Å². The molecule has 2 atom stereocenters. The molecule has 0 fully saturated rings. The molecule has 2 rings (SSSR count). The first-order valence-corrected chi connectivity index (χ1v) is 8.97. The first kappa shape index (κ1) is 18.8. The molecule has 0 aromatic heterocycles. The van der Waals surface area contributed by atoms with Crippen molar-refractivity contribution >= 4 is 11.6 Å². The number of ether oxygens (including phenoxy) is 1. The molecule has 25 heavy (non-hydrogen) atoms. The summed E-state index contributed by atoms with van der Waals surface area (Å²) in [6.07, 6.45) is 1.99. The van der Waals surface area contributed by atoms with Crippen LogP contribution < -0.4 is 15.4 Å². The lowest BCUT2D eigenvalue weighted by atomic mass is 10.0. The third-order valence-corrected chi connectivity index (χ3v) is 4.14. The van der Waals surface area contributed by atoms with Crippen molar-refractivity contribution in [3.63, 3.8) is 0 Å². The monoisotopic (exact) mass is 340 g/mol. The molecule has 4 heteroatoms. The Morgan fingerprint density at radius 2 is 1.80 bits per heavy atom. The molecule has 4 nitrogen and oxygen atoms in total. The van der Waals surface area contributed by atoms with Gasteiger partial charge in [0.05, 0.1) is 18.7 Å². The lowest BCUT2D eigenvalue weighted by molar-refractivity contribution is -0.120. The largest absolute Gasteiger partial charge is 0.491 e. The summed E-state index contributed by atoms with van der Waals surface area (Å²) in [4.78, 5) is 12.3. The van der Waals surface area contributed by atoms with Gasteiger partial charge in [0.1, 0.15) is 5.75 Å². The van der Waals surface area contributed by atoms with Crippen LogP contribution in [0.25, 0.3) is 0 Å². The van der Waals surface area contributed by atoms with E-state index in [2.05, 4.69) is 24.5 Å². The molecule has 0 aliphatic heterocycles. The molecule has 0 bridgehead atoms. The SMILES string of the molecule is CCC(C)Oc1cccc(NCC(=O)NC(CC)c2ccccc2)c1. The van der Waals surface area contributed by atoms with E-state index in [0.29, 0.717) is 0 Å². The molecule has 2 aromatic carbocycles. The molecule has 0 aliphatic rings. The van der Waals surface area contributed by atoms with Crippen molar-refractivity contribution in [1.29, 1.82) is 0 Å². The van der Waals surface area contributed by atoms with Crippen LogP contribution >= 0.6 is 0 Å². The molecular formula is C21H28N2O2. The summed E-state index contributed by atoms with van der Waals surface area (Å²) in [5.74, 6) is 0.791. The zero-order chi connectivity index (χ0) is 18.1. The minimum absolute atomic E-state index is 0.0241. The van der Waals surface area contributed by atoms with E-state index in [0.717, 1.165) is 29.8 Å². The van der Waals surface area contributed by atoms with Gasteiger partial charge in [-0.15, -0.1) is 0 Å². The standard InChI is InChI=1S/C21H28N2O2/c1-4-16(3)25-19-13-9-12-18(14-19)22-15-21(24)23-20(5-2)17-10-7-6-8-11-17/h6-14,16,20,22H,4-5,15H2,1-3H3,(H,23,24). The highest BCUT2D eigenvalue weighted by molar-refractivity contribution is 5.81. The van der Waals surface area contributed by atoms with E-state index in [1.54, 1.807) is 0 Å². The van der Waals surface area contributed by atoms with E-state index in [4.69, 9.17) is 4.74 Å². The average molecular weight is 340 g/mol. The van der Waals surface area contributed by atoms with Crippen molar-refractivity contribution in [2.24, 2.45) is 0 Å². The van der Waals surface area contributed by atoms with Crippen molar-refractivity contribution in [1.82, 2.24) is 5.32 Å². The van der Waals surface area contributed by atoms with Gasteiger partial charge < -0.3 is 15.4 Å². The zero-order valence-electron chi connectivity index (χ0n) is 15.3.